The van der Waals surface area contributed by atoms with Crippen molar-refractivity contribution in [3.05, 3.63) is 57.0 Å². The van der Waals surface area contributed by atoms with Crippen LogP contribution < -0.4 is 19.1 Å². The van der Waals surface area contributed by atoms with E-state index in [4.69, 9.17) is 26.4 Å². The molecule has 2 aliphatic heterocycles. The van der Waals surface area contributed by atoms with Gasteiger partial charge in [-0.3, -0.25) is 19.8 Å². The lowest BCUT2D eigenvalue weighted by Crippen LogP contribution is -2.27. The van der Waals surface area contributed by atoms with Crippen molar-refractivity contribution in [1.29, 1.82) is 0 Å². The Balaban J connectivity index is 1.69. The van der Waals surface area contributed by atoms with Gasteiger partial charge in [-0.05, 0) is 24.3 Å². The normalized spacial score (nSPS) is 16.8. The van der Waals surface area contributed by atoms with E-state index in [9.17, 15) is 14.9 Å². The van der Waals surface area contributed by atoms with Gasteiger partial charge in [0, 0.05) is 23.8 Å². The average molecular weight is 416 g/mol. The number of hydrogen-bond acceptors (Lipinski definition) is 8. The number of methoxy groups -OCH3 is 1. The molecule has 0 bridgehead atoms. The summed E-state index contributed by atoms with van der Waals surface area (Å²) in [4.78, 5) is 25.2. The molecule has 8 nitrogen and oxygen atoms in total. The third kappa shape index (κ3) is 3.16. The first-order valence-corrected chi connectivity index (χ1v) is 9.20. The molecular weight excluding hydrogens is 404 g/mol. The van der Waals surface area contributed by atoms with Crippen LogP contribution in [0.2, 0.25) is 0 Å². The van der Waals surface area contributed by atoms with Gasteiger partial charge in [-0.25, -0.2) is 0 Å². The van der Waals surface area contributed by atoms with Crippen LogP contribution in [0.4, 0.5) is 11.4 Å². The minimum absolute atomic E-state index is 0.0988. The Morgan fingerprint density at radius 2 is 2.04 bits per heavy atom. The molecule has 2 aromatic carbocycles. The molecule has 0 atom stereocenters. The number of rotatable bonds is 4. The Bertz CT molecular complexity index is 1050. The highest BCUT2D eigenvalue weighted by Crippen LogP contribution is 2.41. The van der Waals surface area contributed by atoms with E-state index in [2.05, 4.69) is 0 Å². The number of carbonyl (C=O) groups is 1. The number of nitrogens with zero attached hydrogens (tertiary/aromatic N) is 2. The molecule has 0 spiro atoms. The van der Waals surface area contributed by atoms with E-state index >= 15 is 0 Å². The molecule has 0 saturated carbocycles. The largest absolute Gasteiger partial charge is 0.496 e. The molecule has 10 heteroatoms. The number of benzene rings is 2. The number of nitro benzene ring substituents is 1. The maximum Gasteiger partial charge on any atom is 0.270 e. The van der Waals surface area contributed by atoms with Gasteiger partial charge < -0.3 is 14.2 Å². The number of amides is 1. The lowest BCUT2D eigenvalue weighted by molar-refractivity contribution is -0.384. The molecule has 142 valence electrons. The molecule has 2 heterocycles. The highest BCUT2D eigenvalue weighted by atomic mass is 32.2. The van der Waals surface area contributed by atoms with Crippen molar-refractivity contribution in [2.75, 3.05) is 18.8 Å². The second-order valence-electron chi connectivity index (χ2n) is 5.74. The number of non-ortho nitro benzene ring substituents is 1. The molecule has 28 heavy (non-hydrogen) atoms. The van der Waals surface area contributed by atoms with E-state index in [1.807, 2.05) is 0 Å². The minimum Gasteiger partial charge on any atom is -0.496 e. The standard InChI is InChI=1S/C18H12N2O6S2/c1-24-13-4-3-12(20(22)23)6-10(13)7-16-17(21)19(18(27)28-16)11-2-5-14-15(8-11)26-9-25-14/h2-8H,9H2,1H3/b16-7+. The zero-order valence-corrected chi connectivity index (χ0v) is 16.0. The van der Waals surface area contributed by atoms with Gasteiger partial charge in [-0.1, -0.05) is 24.0 Å². The number of nitro groups is 1. The van der Waals surface area contributed by atoms with Crippen LogP contribution in [0, 0.1) is 10.1 Å². The second kappa shape index (κ2) is 7.13. The maximum atomic E-state index is 12.9. The van der Waals surface area contributed by atoms with E-state index in [0.29, 0.717) is 37.7 Å². The minimum atomic E-state index is -0.505. The van der Waals surface area contributed by atoms with Crippen molar-refractivity contribution in [1.82, 2.24) is 0 Å². The summed E-state index contributed by atoms with van der Waals surface area (Å²) in [5, 5.41) is 11.1. The van der Waals surface area contributed by atoms with E-state index < -0.39 is 4.92 Å². The molecule has 1 saturated heterocycles. The number of anilines is 1. The molecule has 0 N–H and O–H groups in total. The van der Waals surface area contributed by atoms with Crippen LogP contribution in [0.25, 0.3) is 6.08 Å². The molecule has 1 amide bonds. The van der Waals surface area contributed by atoms with Crippen LogP contribution in [-0.4, -0.2) is 29.1 Å². The van der Waals surface area contributed by atoms with Gasteiger partial charge >= 0.3 is 0 Å². The highest BCUT2D eigenvalue weighted by Gasteiger charge is 2.34. The van der Waals surface area contributed by atoms with Crippen LogP contribution in [0.15, 0.2) is 41.3 Å². The molecule has 0 unspecified atom stereocenters. The Morgan fingerprint density at radius 3 is 2.79 bits per heavy atom. The van der Waals surface area contributed by atoms with Crippen LogP contribution >= 0.6 is 24.0 Å². The summed E-state index contributed by atoms with van der Waals surface area (Å²) in [6.07, 6.45) is 1.54. The van der Waals surface area contributed by atoms with Crippen molar-refractivity contribution in [2.24, 2.45) is 0 Å². The Morgan fingerprint density at radius 1 is 1.25 bits per heavy atom. The fourth-order valence-corrected chi connectivity index (χ4v) is 4.09. The van der Waals surface area contributed by atoms with Crippen LogP contribution in [-0.2, 0) is 4.79 Å². The van der Waals surface area contributed by atoms with Gasteiger partial charge in [-0.2, -0.15) is 0 Å². The predicted molar refractivity (Wildman–Crippen MR) is 108 cm³/mol. The predicted octanol–water partition coefficient (Wildman–Crippen LogP) is 3.74. The number of ether oxygens (including phenoxy) is 3. The first-order valence-electron chi connectivity index (χ1n) is 7.98. The molecule has 0 aromatic heterocycles. The third-order valence-electron chi connectivity index (χ3n) is 4.12. The number of hydrogen-bond donors (Lipinski definition) is 0. The van der Waals surface area contributed by atoms with E-state index in [1.54, 1.807) is 18.2 Å². The van der Waals surface area contributed by atoms with Gasteiger partial charge in [0.05, 0.1) is 22.6 Å². The second-order valence-corrected chi connectivity index (χ2v) is 7.41. The van der Waals surface area contributed by atoms with Crippen LogP contribution in [0.3, 0.4) is 0 Å². The van der Waals surface area contributed by atoms with Gasteiger partial charge in [0.15, 0.2) is 15.8 Å². The molecule has 0 aliphatic carbocycles. The van der Waals surface area contributed by atoms with Crippen molar-refractivity contribution < 1.29 is 23.9 Å². The summed E-state index contributed by atoms with van der Waals surface area (Å²) in [5.74, 6) is 1.23. The third-order valence-corrected chi connectivity index (χ3v) is 5.42. The first-order chi connectivity index (χ1) is 13.5. The van der Waals surface area contributed by atoms with E-state index in [0.717, 1.165) is 11.8 Å². The number of carbonyl (C=O) groups excluding carboxylic acids is 1. The molecule has 2 aliphatic rings. The zero-order chi connectivity index (χ0) is 19.8. The SMILES string of the molecule is COc1ccc([N+](=O)[O-])cc1/C=C1/SC(=S)N(c2ccc3c(c2)OCO3)C1=O. The van der Waals surface area contributed by atoms with Crippen molar-refractivity contribution >= 4 is 51.7 Å². The summed E-state index contributed by atoms with van der Waals surface area (Å²) in [6, 6.07) is 9.30. The lowest BCUT2D eigenvalue weighted by atomic mass is 10.1. The van der Waals surface area contributed by atoms with Crippen molar-refractivity contribution in [3.8, 4) is 17.2 Å². The molecule has 2 aromatic rings. The van der Waals surface area contributed by atoms with Crippen LogP contribution in [0.5, 0.6) is 17.2 Å². The molecule has 0 radical (unpaired) electrons. The fraction of sp³-hybridized carbons (Fsp3) is 0.111. The number of fused-ring (bicyclic) bond motifs is 1. The quantitative estimate of drug-likeness (QED) is 0.322. The van der Waals surface area contributed by atoms with Crippen molar-refractivity contribution in [3.63, 3.8) is 0 Å². The average Bonchev–Trinajstić information content (AvgIpc) is 3.25. The molecule has 1 fully saturated rings. The summed E-state index contributed by atoms with van der Waals surface area (Å²) in [5.41, 5.74) is 0.877. The van der Waals surface area contributed by atoms with Gasteiger partial charge in [0.1, 0.15) is 5.75 Å². The Hall–Kier alpha value is -3.11. The molecule has 4 rings (SSSR count). The maximum absolute atomic E-state index is 12.9. The Labute approximate surface area is 168 Å². The molecular formula is C18H12N2O6S2. The fourth-order valence-electron chi connectivity index (χ4n) is 2.80. The summed E-state index contributed by atoms with van der Waals surface area (Å²) in [7, 11) is 1.45. The summed E-state index contributed by atoms with van der Waals surface area (Å²) < 4.78 is 16.2. The summed E-state index contributed by atoms with van der Waals surface area (Å²) >= 11 is 6.47. The number of thioether (sulfide) groups is 1. The monoisotopic (exact) mass is 416 g/mol. The smallest absolute Gasteiger partial charge is 0.270 e. The lowest BCUT2D eigenvalue weighted by Gasteiger charge is -2.14. The van der Waals surface area contributed by atoms with Crippen molar-refractivity contribution in [2.45, 2.75) is 0 Å². The van der Waals surface area contributed by atoms with Gasteiger partial charge in [0.25, 0.3) is 11.6 Å². The number of thiocarbonyl (C=S) groups is 1. The summed E-state index contributed by atoms with van der Waals surface area (Å²) in [6.45, 7) is 0.129. The van der Waals surface area contributed by atoms with Crippen LogP contribution in [0.1, 0.15) is 5.56 Å². The highest BCUT2D eigenvalue weighted by molar-refractivity contribution is 8.27. The topological polar surface area (TPSA) is 91.1 Å². The van der Waals surface area contributed by atoms with E-state index in [-0.39, 0.29) is 18.4 Å². The van der Waals surface area contributed by atoms with E-state index in [1.165, 1.54) is 36.3 Å². The Kier molecular flexibility index (Phi) is 4.65. The first kappa shape index (κ1) is 18.3. The zero-order valence-electron chi connectivity index (χ0n) is 14.4. The van der Waals surface area contributed by atoms with Gasteiger partial charge in [-0.15, -0.1) is 0 Å². The van der Waals surface area contributed by atoms with Gasteiger partial charge in [0.2, 0.25) is 6.79 Å².